The van der Waals surface area contributed by atoms with Gasteiger partial charge < -0.3 is 10.5 Å². The molecule has 1 heterocycles. The van der Waals surface area contributed by atoms with Gasteiger partial charge in [-0.15, -0.1) is 0 Å². The maximum Gasteiger partial charge on any atom is 0.119 e. The average molecular weight is 284 g/mol. The molecule has 0 fully saturated rings. The van der Waals surface area contributed by atoms with E-state index in [4.69, 9.17) is 10.5 Å². The van der Waals surface area contributed by atoms with Gasteiger partial charge in [0.15, 0.2) is 0 Å². The van der Waals surface area contributed by atoms with Crippen LogP contribution in [0.25, 0.3) is 11.3 Å². The molecule has 2 aromatic rings. The minimum absolute atomic E-state index is 0.00672. The summed E-state index contributed by atoms with van der Waals surface area (Å²) in [5.74, 6) is 1.40. The van der Waals surface area contributed by atoms with Crippen LogP contribution >= 0.6 is 0 Å². The molecule has 2 rings (SSSR count). The lowest BCUT2D eigenvalue weighted by Crippen LogP contribution is -2.08. The molecule has 0 aliphatic carbocycles. The third-order valence-electron chi connectivity index (χ3n) is 3.33. The number of hydrogen-bond acceptors (Lipinski definition) is 3. The number of hydrogen-bond donors (Lipinski definition) is 1. The molecule has 1 unspecified atom stereocenters. The van der Waals surface area contributed by atoms with E-state index in [1.54, 1.807) is 0 Å². The molecule has 3 nitrogen and oxygen atoms in total. The minimum atomic E-state index is 0.00672. The zero-order chi connectivity index (χ0) is 15.4. The van der Waals surface area contributed by atoms with Crippen molar-refractivity contribution >= 4 is 0 Å². The largest absolute Gasteiger partial charge is 0.493 e. The van der Waals surface area contributed by atoms with Crippen molar-refractivity contribution in [1.82, 2.24) is 4.98 Å². The van der Waals surface area contributed by atoms with Gasteiger partial charge in [0.05, 0.1) is 12.3 Å². The number of rotatable bonds is 5. The van der Waals surface area contributed by atoms with E-state index in [0.717, 1.165) is 34.9 Å². The van der Waals surface area contributed by atoms with Crippen LogP contribution < -0.4 is 10.5 Å². The maximum absolute atomic E-state index is 5.94. The number of aromatic nitrogens is 1. The fourth-order valence-corrected chi connectivity index (χ4v) is 2.22. The van der Waals surface area contributed by atoms with Gasteiger partial charge in [0.25, 0.3) is 0 Å². The highest BCUT2D eigenvalue weighted by molar-refractivity contribution is 5.61. The molecule has 0 aliphatic rings. The molecule has 0 aliphatic heterocycles. The zero-order valence-electron chi connectivity index (χ0n) is 13.3. The Kier molecular flexibility index (Phi) is 4.97. The maximum atomic E-state index is 5.94. The Labute approximate surface area is 127 Å². The second kappa shape index (κ2) is 6.72. The predicted molar refractivity (Wildman–Crippen MR) is 87.3 cm³/mol. The average Bonchev–Trinajstić information content (AvgIpc) is 2.45. The van der Waals surface area contributed by atoms with Crippen LogP contribution in [0.3, 0.4) is 0 Å². The molecule has 0 amide bonds. The van der Waals surface area contributed by atoms with Crippen LogP contribution in [0.15, 0.2) is 36.4 Å². The van der Waals surface area contributed by atoms with Crippen molar-refractivity contribution < 1.29 is 4.74 Å². The van der Waals surface area contributed by atoms with Crippen LogP contribution in [-0.4, -0.2) is 11.6 Å². The summed E-state index contributed by atoms with van der Waals surface area (Å²) in [4.78, 5) is 4.67. The lowest BCUT2D eigenvalue weighted by atomic mass is 10.0. The van der Waals surface area contributed by atoms with Gasteiger partial charge in [0.1, 0.15) is 5.75 Å². The first-order valence-electron chi connectivity index (χ1n) is 7.43. The van der Waals surface area contributed by atoms with E-state index in [0.29, 0.717) is 5.92 Å². The van der Waals surface area contributed by atoms with Crippen LogP contribution in [0.1, 0.15) is 38.1 Å². The fraction of sp³-hybridized carbons (Fsp3) is 0.389. The highest BCUT2D eigenvalue weighted by Crippen LogP contribution is 2.25. The third-order valence-corrected chi connectivity index (χ3v) is 3.33. The highest BCUT2D eigenvalue weighted by atomic mass is 16.5. The first-order valence-corrected chi connectivity index (χ1v) is 7.43. The molecule has 0 saturated carbocycles. The fourth-order valence-electron chi connectivity index (χ4n) is 2.22. The lowest BCUT2D eigenvalue weighted by Gasteiger charge is -2.12. The van der Waals surface area contributed by atoms with Gasteiger partial charge in [-0.2, -0.15) is 0 Å². The van der Waals surface area contributed by atoms with Gasteiger partial charge in [-0.05, 0) is 43.5 Å². The quantitative estimate of drug-likeness (QED) is 0.898. The van der Waals surface area contributed by atoms with Crippen molar-refractivity contribution in [3.63, 3.8) is 0 Å². The van der Waals surface area contributed by atoms with E-state index in [1.807, 2.05) is 38.1 Å². The molecular weight excluding hydrogens is 260 g/mol. The standard InChI is InChI=1S/C18H24N2O/c1-12(2)11-21-16-7-5-6-15(10-16)18-9-8-17(13(3)19)14(4)20-18/h5-10,12-13H,11,19H2,1-4H3. The molecule has 0 spiro atoms. The van der Waals surface area contributed by atoms with Crippen molar-refractivity contribution in [3.8, 4) is 17.0 Å². The molecule has 21 heavy (non-hydrogen) atoms. The summed E-state index contributed by atoms with van der Waals surface area (Å²) >= 11 is 0. The van der Waals surface area contributed by atoms with Gasteiger partial charge >= 0.3 is 0 Å². The minimum Gasteiger partial charge on any atom is -0.493 e. The number of pyridine rings is 1. The Balaban J connectivity index is 2.25. The van der Waals surface area contributed by atoms with Gasteiger partial charge in [-0.3, -0.25) is 4.98 Å². The van der Waals surface area contributed by atoms with Gasteiger partial charge in [-0.25, -0.2) is 0 Å². The van der Waals surface area contributed by atoms with Crippen molar-refractivity contribution in [2.24, 2.45) is 11.7 Å². The smallest absolute Gasteiger partial charge is 0.119 e. The molecule has 3 heteroatoms. The van der Waals surface area contributed by atoms with E-state index in [2.05, 4.69) is 31.0 Å². The van der Waals surface area contributed by atoms with Crippen LogP contribution in [0, 0.1) is 12.8 Å². The molecule has 0 radical (unpaired) electrons. The molecule has 0 saturated heterocycles. The van der Waals surface area contributed by atoms with Crippen molar-refractivity contribution in [2.75, 3.05) is 6.61 Å². The van der Waals surface area contributed by atoms with Gasteiger partial charge in [-0.1, -0.05) is 32.0 Å². The number of aryl methyl sites for hydroxylation is 1. The summed E-state index contributed by atoms with van der Waals surface area (Å²) in [7, 11) is 0. The van der Waals surface area contributed by atoms with Crippen molar-refractivity contribution in [1.29, 1.82) is 0 Å². The number of benzene rings is 1. The Bertz CT molecular complexity index is 606. The summed E-state index contributed by atoms with van der Waals surface area (Å²) in [6.45, 7) is 8.98. The molecule has 1 aromatic carbocycles. The Morgan fingerprint density at radius 3 is 2.52 bits per heavy atom. The zero-order valence-corrected chi connectivity index (χ0v) is 13.3. The molecular formula is C18H24N2O. The van der Waals surface area contributed by atoms with Crippen molar-refractivity contribution in [2.45, 2.75) is 33.7 Å². The number of ether oxygens (including phenoxy) is 1. The van der Waals surface area contributed by atoms with E-state index in [-0.39, 0.29) is 6.04 Å². The van der Waals surface area contributed by atoms with E-state index >= 15 is 0 Å². The van der Waals surface area contributed by atoms with E-state index in [1.165, 1.54) is 0 Å². The normalized spacial score (nSPS) is 12.5. The van der Waals surface area contributed by atoms with Gasteiger partial charge in [0.2, 0.25) is 0 Å². The Hall–Kier alpha value is -1.87. The van der Waals surface area contributed by atoms with E-state index < -0.39 is 0 Å². The van der Waals surface area contributed by atoms with Crippen LogP contribution in [0.5, 0.6) is 5.75 Å². The Morgan fingerprint density at radius 1 is 1.14 bits per heavy atom. The van der Waals surface area contributed by atoms with Crippen LogP contribution in [0.2, 0.25) is 0 Å². The lowest BCUT2D eigenvalue weighted by molar-refractivity contribution is 0.271. The third kappa shape index (κ3) is 4.05. The SMILES string of the molecule is Cc1nc(-c2cccc(OCC(C)C)c2)ccc1C(C)N. The molecule has 2 N–H and O–H groups in total. The number of nitrogens with two attached hydrogens (primary N) is 1. The second-order valence-corrected chi connectivity index (χ2v) is 5.89. The van der Waals surface area contributed by atoms with Crippen LogP contribution in [0.4, 0.5) is 0 Å². The summed E-state index contributed by atoms with van der Waals surface area (Å²) in [6.07, 6.45) is 0. The first-order chi connectivity index (χ1) is 9.97. The van der Waals surface area contributed by atoms with Crippen LogP contribution in [-0.2, 0) is 0 Å². The molecule has 1 aromatic heterocycles. The summed E-state index contributed by atoms with van der Waals surface area (Å²) in [6, 6.07) is 12.2. The predicted octanol–water partition coefficient (Wildman–Crippen LogP) is 4.11. The highest BCUT2D eigenvalue weighted by Gasteiger charge is 2.08. The van der Waals surface area contributed by atoms with Gasteiger partial charge in [0, 0.05) is 17.3 Å². The monoisotopic (exact) mass is 284 g/mol. The molecule has 0 bridgehead atoms. The molecule has 112 valence electrons. The summed E-state index contributed by atoms with van der Waals surface area (Å²) < 4.78 is 5.77. The number of nitrogens with zero attached hydrogens (tertiary/aromatic N) is 1. The first kappa shape index (κ1) is 15.5. The Morgan fingerprint density at radius 2 is 1.90 bits per heavy atom. The second-order valence-electron chi connectivity index (χ2n) is 5.89. The topological polar surface area (TPSA) is 48.1 Å². The molecule has 1 atom stereocenters. The summed E-state index contributed by atoms with van der Waals surface area (Å²) in [5, 5.41) is 0. The summed E-state index contributed by atoms with van der Waals surface area (Å²) in [5.41, 5.74) is 10.0. The van der Waals surface area contributed by atoms with Crippen molar-refractivity contribution in [3.05, 3.63) is 47.7 Å². The van der Waals surface area contributed by atoms with E-state index in [9.17, 15) is 0 Å².